The van der Waals surface area contributed by atoms with E-state index in [1.807, 2.05) is 103 Å². The first kappa shape index (κ1) is 29.5. The average Bonchev–Trinajstić information content (AvgIpc) is 3.80. The van der Waals surface area contributed by atoms with Gasteiger partial charge in [-0.15, -0.1) is 0 Å². The molecule has 52 heavy (non-hydrogen) atoms. The summed E-state index contributed by atoms with van der Waals surface area (Å²) in [7, 11) is 0. The smallest absolute Gasteiger partial charge is 0.167 e. The number of nitrogens with zero attached hydrogens (tertiary/aromatic N) is 4. The van der Waals surface area contributed by atoms with Gasteiger partial charge in [0.2, 0.25) is 0 Å². The van der Waals surface area contributed by atoms with Crippen molar-refractivity contribution in [2.75, 3.05) is 0 Å². The van der Waals surface area contributed by atoms with Gasteiger partial charge in [-0.3, -0.25) is 0 Å². The normalized spacial score (nSPS) is 11.4. The number of hydrogen-bond acceptors (Lipinski definition) is 6. The van der Waals surface area contributed by atoms with E-state index < -0.39 is 0 Å². The monoisotopic (exact) mass is 666 g/mol. The van der Waals surface area contributed by atoms with Crippen LogP contribution in [0.1, 0.15) is 5.56 Å². The van der Waals surface area contributed by atoms with Crippen LogP contribution in [-0.2, 0) is 0 Å². The molecule has 0 atom stereocenters. The molecule has 7 aromatic carbocycles. The second-order valence-corrected chi connectivity index (χ2v) is 12.7. The molecule has 0 aliphatic carbocycles. The fourth-order valence-corrected chi connectivity index (χ4v) is 7.10. The van der Waals surface area contributed by atoms with Gasteiger partial charge in [-0.25, -0.2) is 15.0 Å². The number of rotatable bonds is 5. The highest BCUT2D eigenvalue weighted by atomic mass is 16.3. The molecule has 3 aromatic heterocycles. The van der Waals surface area contributed by atoms with E-state index >= 15 is 0 Å². The van der Waals surface area contributed by atoms with Crippen LogP contribution < -0.4 is 0 Å². The zero-order chi connectivity index (χ0) is 34.6. The van der Waals surface area contributed by atoms with Gasteiger partial charge in [0, 0.05) is 32.7 Å². The molecule has 3 heterocycles. The van der Waals surface area contributed by atoms with Crippen molar-refractivity contribution in [2.45, 2.75) is 0 Å². The van der Waals surface area contributed by atoms with Crippen molar-refractivity contribution in [3.8, 4) is 62.5 Å². The minimum absolute atomic E-state index is 0.464. The summed E-state index contributed by atoms with van der Waals surface area (Å²) in [5.74, 6) is 1.50. The van der Waals surface area contributed by atoms with Crippen LogP contribution in [0, 0.1) is 11.3 Å². The van der Waals surface area contributed by atoms with Gasteiger partial charge in [0.25, 0.3) is 0 Å². The Morgan fingerprint density at radius 1 is 0.404 bits per heavy atom. The van der Waals surface area contributed by atoms with Gasteiger partial charge >= 0.3 is 0 Å². The maximum Gasteiger partial charge on any atom is 0.167 e. The zero-order valence-corrected chi connectivity index (χ0v) is 27.6. The molecular formula is C46H26N4O2. The van der Waals surface area contributed by atoms with Gasteiger partial charge in [0.15, 0.2) is 23.1 Å². The Kier molecular flexibility index (Phi) is 6.76. The third-order valence-corrected chi connectivity index (χ3v) is 9.61. The van der Waals surface area contributed by atoms with Crippen LogP contribution in [0.4, 0.5) is 0 Å². The molecule has 6 heteroatoms. The molecule has 0 radical (unpaired) electrons. The summed E-state index contributed by atoms with van der Waals surface area (Å²) in [6.45, 7) is 0. The van der Waals surface area contributed by atoms with E-state index in [2.05, 4.69) is 54.6 Å². The minimum Gasteiger partial charge on any atom is -0.456 e. The number of aromatic nitrogens is 3. The molecule has 0 saturated heterocycles. The van der Waals surface area contributed by atoms with E-state index in [0.29, 0.717) is 39.8 Å². The summed E-state index contributed by atoms with van der Waals surface area (Å²) in [6.07, 6.45) is 0. The van der Waals surface area contributed by atoms with E-state index in [-0.39, 0.29) is 0 Å². The molecule has 0 fully saturated rings. The first-order valence-electron chi connectivity index (χ1n) is 17.0. The van der Waals surface area contributed by atoms with Crippen LogP contribution in [-0.4, -0.2) is 15.0 Å². The van der Waals surface area contributed by atoms with Crippen molar-refractivity contribution in [2.24, 2.45) is 0 Å². The molecule has 0 saturated carbocycles. The van der Waals surface area contributed by atoms with Gasteiger partial charge in [-0.2, -0.15) is 5.26 Å². The molecule has 0 N–H and O–H groups in total. The highest BCUT2D eigenvalue weighted by Gasteiger charge is 2.20. The maximum atomic E-state index is 9.81. The Morgan fingerprint density at radius 2 is 1.00 bits per heavy atom. The highest BCUT2D eigenvalue weighted by Crippen LogP contribution is 2.40. The first-order chi connectivity index (χ1) is 25.7. The number of fused-ring (bicyclic) bond motifs is 6. The van der Waals surface area contributed by atoms with Gasteiger partial charge in [-0.1, -0.05) is 127 Å². The summed E-state index contributed by atoms with van der Waals surface area (Å²) < 4.78 is 12.9. The number of nitriles is 1. The number of hydrogen-bond donors (Lipinski definition) is 0. The molecule has 10 rings (SSSR count). The number of para-hydroxylation sites is 2. The van der Waals surface area contributed by atoms with Crippen molar-refractivity contribution in [1.82, 2.24) is 15.0 Å². The van der Waals surface area contributed by atoms with E-state index in [1.165, 1.54) is 0 Å². The maximum absolute atomic E-state index is 9.81. The lowest BCUT2D eigenvalue weighted by molar-refractivity contribution is 0.668. The van der Waals surface area contributed by atoms with Gasteiger partial charge < -0.3 is 8.83 Å². The second-order valence-electron chi connectivity index (χ2n) is 12.7. The number of benzene rings is 7. The predicted molar refractivity (Wildman–Crippen MR) is 206 cm³/mol. The topological polar surface area (TPSA) is 88.7 Å². The molecule has 0 aliphatic heterocycles. The lowest BCUT2D eigenvalue weighted by Gasteiger charge is -2.09. The minimum atomic E-state index is 0.464. The molecule has 6 nitrogen and oxygen atoms in total. The SMILES string of the molecule is N#Cc1cccc2c1oc1c(-c3nc(-c4ccc(-c5ccccc5)cc4)nc(-c4ccc5c(c4)oc4cccc(-c6ccccc6)c45)n3)cccc12. The summed E-state index contributed by atoms with van der Waals surface area (Å²) >= 11 is 0. The molecule has 242 valence electrons. The molecule has 0 unspecified atom stereocenters. The Labute approximate surface area is 297 Å². The third-order valence-electron chi connectivity index (χ3n) is 9.61. The molecule has 0 bridgehead atoms. The first-order valence-corrected chi connectivity index (χ1v) is 17.0. The highest BCUT2D eigenvalue weighted by molar-refractivity contribution is 6.13. The van der Waals surface area contributed by atoms with Crippen molar-refractivity contribution >= 4 is 43.9 Å². The van der Waals surface area contributed by atoms with Crippen LogP contribution >= 0.6 is 0 Å². The Morgan fingerprint density at radius 3 is 1.77 bits per heavy atom. The average molecular weight is 667 g/mol. The lowest BCUT2D eigenvalue weighted by Crippen LogP contribution is -2.00. The fourth-order valence-electron chi connectivity index (χ4n) is 7.10. The molecular weight excluding hydrogens is 641 g/mol. The third kappa shape index (κ3) is 4.84. The van der Waals surface area contributed by atoms with E-state index in [4.69, 9.17) is 23.8 Å². The molecule has 10 aromatic rings. The predicted octanol–water partition coefficient (Wildman–Crippen LogP) is 11.9. The Hall–Kier alpha value is -7.36. The van der Waals surface area contributed by atoms with Crippen molar-refractivity contribution in [3.63, 3.8) is 0 Å². The van der Waals surface area contributed by atoms with Crippen LogP contribution in [0.3, 0.4) is 0 Å². The van der Waals surface area contributed by atoms with E-state index in [0.717, 1.165) is 66.1 Å². The molecule has 0 amide bonds. The largest absolute Gasteiger partial charge is 0.456 e. The van der Waals surface area contributed by atoms with Crippen molar-refractivity contribution in [1.29, 1.82) is 5.26 Å². The lowest BCUT2D eigenvalue weighted by atomic mass is 9.99. The summed E-state index contributed by atoms with van der Waals surface area (Å²) in [5, 5.41) is 13.6. The van der Waals surface area contributed by atoms with Crippen LogP contribution in [0.2, 0.25) is 0 Å². The van der Waals surface area contributed by atoms with Crippen LogP contribution in [0.25, 0.3) is 100 Å². The summed E-state index contributed by atoms with van der Waals surface area (Å²) in [5.41, 5.74) is 10.0. The van der Waals surface area contributed by atoms with Crippen LogP contribution in [0.5, 0.6) is 0 Å². The number of furan rings is 2. The quantitative estimate of drug-likeness (QED) is 0.182. The summed E-state index contributed by atoms with van der Waals surface area (Å²) in [4.78, 5) is 15.1. The van der Waals surface area contributed by atoms with Crippen LogP contribution in [0.15, 0.2) is 167 Å². The van der Waals surface area contributed by atoms with Gasteiger partial charge in [0.05, 0.1) is 11.1 Å². The standard InChI is InChI=1S/C46H26N4O2/c47-27-33-14-7-16-35-36-17-8-18-38(43(36)52-42(33)35)46-49-44(31-22-20-29(21-23-31)28-10-3-1-4-11-28)48-45(50-46)32-24-25-37-40(26-32)51-39-19-9-15-34(41(37)39)30-12-5-2-6-13-30/h1-26H. The van der Waals surface area contributed by atoms with Crippen molar-refractivity contribution < 1.29 is 8.83 Å². The summed E-state index contributed by atoms with van der Waals surface area (Å²) in [6, 6.07) is 55.0. The van der Waals surface area contributed by atoms with Gasteiger partial charge in [-0.05, 0) is 52.6 Å². The van der Waals surface area contributed by atoms with Crippen molar-refractivity contribution in [3.05, 3.63) is 163 Å². The van der Waals surface area contributed by atoms with E-state index in [9.17, 15) is 5.26 Å². The van der Waals surface area contributed by atoms with E-state index in [1.54, 1.807) is 6.07 Å². The second kappa shape index (κ2) is 11.9. The van der Waals surface area contributed by atoms with Gasteiger partial charge in [0.1, 0.15) is 22.8 Å². The molecule has 0 spiro atoms. The Balaban J connectivity index is 1.16. The Bertz CT molecular complexity index is 3010. The fraction of sp³-hybridized carbons (Fsp3) is 0. The molecule has 0 aliphatic rings. The zero-order valence-electron chi connectivity index (χ0n) is 27.6.